The summed E-state index contributed by atoms with van der Waals surface area (Å²) in [5, 5.41) is 21.2. The number of fused-ring (bicyclic) bond motifs is 1. The Hall–Kier alpha value is -3.72. The fourth-order valence-electron chi connectivity index (χ4n) is 2.94. The van der Waals surface area contributed by atoms with E-state index < -0.39 is 47.7 Å². The number of phenolic OH excluding ortho intramolecular Hbond substituents is 1. The van der Waals surface area contributed by atoms with E-state index in [9.17, 15) is 40.6 Å². The summed E-state index contributed by atoms with van der Waals surface area (Å²) in [6.07, 6.45) is 0. The SMILES string of the molecule is Nc1cc(C(=O)O)cc(C(=O)Nc2cc(S(=O)(=O)O)cc3cc(S(=O)(=O)O)cc(O)c23)c1. The number of anilines is 2. The summed E-state index contributed by atoms with van der Waals surface area (Å²) in [6.45, 7) is 0. The van der Waals surface area contributed by atoms with Crippen molar-refractivity contribution in [3.05, 3.63) is 53.6 Å². The quantitative estimate of drug-likeness (QED) is 0.226. The number of hydrogen-bond acceptors (Lipinski definition) is 8. The van der Waals surface area contributed by atoms with Crippen LogP contribution in [0, 0.1) is 0 Å². The number of carbonyl (C=O) groups excluding carboxylic acids is 1. The van der Waals surface area contributed by atoms with Crippen molar-refractivity contribution < 1.29 is 45.7 Å². The number of carboxylic acids is 1. The highest BCUT2D eigenvalue weighted by atomic mass is 32.2. The van der Waals surface area contributed by atoms with Gasteiger partial charge in [0.05, 0.1) is 21.0 Å². The Morgan fingerprint density at radius 3 is 1.88 bits per heavy atom. The van der Waals surface area contributed by atoms with Gasteiger partial charge in [0.1, 0.15) is 5.75 Å². The standard InChI is InChI=1S/C18H14N2O10S2/c19-11-2-9(1-10(3-11)18(23)24)17(22)20-14-6-12(31(25,26)27)4-8-5-13(32(28,29)30)7-15(21)16(8)14/h1-7,21H,19H2,(H,20,22)(H,23,24)(H,25,26,27)(H,28,29,30). The molecule has 0 spiro atoms. The van der Waals surface area contributed by atoms with Crippen LogP contribution in [0.3, 0.4) is 0 Å². The molecule has 0 aromatic heterocycles. The third kappa shape index (κ3) is 4.62. The van der Waals surface area contributed by atoms with Crippen molar-refractivity contribution in [2.75, 3.05) is 11.1 Å². The predicted molar refractivity (Wildman–Crippen MR) is 111 cm³/mol. The summed E-state index contributed by atoms with van der Waals surface area (Å²) < 4.78 is 64.8. The van der Waals surface area contributed by atoms with Crippen LogP contribution in [0.5, 0.6) is 5.75 Å². The van der Waals surface area contributed by atoms with Crippen LogP contribution in [-0.2, 0) is 20.2 Å². The van der Waals surface area contributed by atoms with Crippen LogP contribution in [0.15, 0.2) is 52.3 Å². The number of hydrogen-bond donors (Lipinski definition) is 6. The van der Waals surface area contributed by atoms with Gasteiger partial charge in [-0.2, -0.15) is 16.8 Å². The van der Waals surface area contributed by atoms with E-state index in [1.54, 1.807) is 0 Å². The van der Waals surface area contributed by atoms with Crippen molar-refractivity contribution in [3.63, 3.8) is 0 Å². The van der Waals surface area contributed by atoms with E-state index in [-0.39, 0.29) is 33.3 Å². The lowest BCUT2D eigenvalue weighted by molar-refractivity contribution is 0.0697. The number of amides is 1. The van der Waals surface area contributed by atoms with Crippen molar-refractivity contribution in [1.29, 1.82) is 0 Å². The second-order valence-corrected chi connectivity index (χ2v) is 9.41. The molecule has 1 amide bonds. The number of aromatic hydroxyl groups is 1. The van der Waals surface area contributed by atoms with Crippen LogP contribution < -0.4 is 11.1 Å². The zero-order chi connectivity index (χ0) is 24.0. The third-order valence-corrected chi connectivity index (χ3v) is 5.95. The van der Waals surface area contributed by atoms with Crippen LogP contribution in [-0.4, -0.2) is 48.0 Å². The molecule has 14 heteroatoms. The van der Waals surface area contributed by atoms with Gasteiger partial charge in [0.15, 0.2) is 0 Å². The predicted octanol–water partition coefficient (Wildman–Crippen LogP) is 1.57. The molecule has 0 saturated heterocycles. The number of nitrogens with two attached hydrogens (primary N) is 1. The largest absolute Gasteiger partial charge is 0.507 e. The van der Waals surface area contributed by atoms with Gasteiger partial charge in [-0.15, -0.1) is 0 Å². The number of carboxylic acid groups (broad SMARTS) is 1. The fourth-order valence-corrected chi connectivity index (χ4v) is 4.01. The van der Waals surface area contributed by atoms with E-state index in [0.29, 0.717) is 6.07 Å². The lowest BCUT2D eigenvalue weighted by Gasteiger charge is -2.13. The average Bonchev–Trinajstić information content (AvgIpc) is 2.65. The van der Waals surface area contributed by atoms with Gasteiger partial charge in [-0.25, -0.2) is 4.79 Å². The first-order valence-electron chi connectivity index (χ1n) is 8.38. The highest BCUT2D eigenvalue weighted by Crippen LogP contribution is 2.37. The van der Waals surface area contributed by atoms with Crippen molar-refractivity contribution in [3.8, 4) is 5.75 Å². The second kappa shape index (κ2) is 7.76. The molecule has 0 unspecified atom stereocenters. The first-order chi connectivity index (χ1) is 14.7. The number of phenols is 1. The zero-order valence-corrected chi connectivity index (χ0v) is 17.3. The van der Waals surface area contributed by atoms with Crippen molar-refractivity contribution >= 4 is 54.3 Å². The summed E-state index contributed by atoms with van der Waals surface area (Å²) >= 11 is 0. The van der Waals surface area contributed by atoms with Gasteiger partial charge >= 0.3 is 5.97 Å². The minimum absolute atomic E-state index is 0.0489. The molecule has 32 heavy (non-hydrogen) atoms. The molecule has 0 bridgehead atoms. The molecule has 168 valence electrons. The highest BCUT2D eigenvalue weighted by Gasteiger charge is 2.21. The van der Waals surface area contributed by atoms with Crippen molar-refractivity contribution in [1.82, 2.24) is 0 Å². The smallest absolute Gasteiger partial charge is 0.335 e. The monoisotopic (exact) mass is 482 g/mol. The number of carbonyl (C=O) groups is 2. The average molecular weight is 482 g/mol. The summed E-state index contributed by atoms with van der Waals surface area (Å²) in [4.78, 5) is 22.4. The molecular formula is C18H14N2O10S2. The van der Waals surface area contributed by atoms with E-state index >= 15 is 0 Å². The summed E-state index contributed by atoms with van der Waals surface area (Å²) in [7, 11) is -9.64. The maximum Gasteiger partial charge on any atom is 0.335 e. The van der Waals surface area contributed by atoms with E-state index in [4.69, 9.17) is 10.8 Å². The Morgan fingerprint density at radius 1 is 0.812 bits per heavy atom. The Balaban J connectivity index is 2.23. The Labute approximate surface area is 180 Å². The Bertz CT molecular complexity index is 1510. The number of aromatic carboxylic acids is 1. The number of nitrogen functional groups attached to an aromatic ring is 1. The summed E-state index contributed by atoms with van der Waals surface area (Å²) in [5.41, 5.74) is 4.68. The van der Waals surface area contributed by atoms with Crippen molar-refractivity contribution in [2.24, 2.45) is 0 Å². The summed E-state index contributed by atoms with van der Waals surface area (Å²) in [5.74, 6) is -3.06. The molecule has 3 aromatic carbocycles. The lowest BCUT2D eigenvalue weighted by Crippen LogP contribution is -2.14. The van der Waals surface area contributed by atoms with Gasteiger partial charge in [0, 0.05) is 22.7 Å². The zero-order valence-electron chi connectivity index (χ0n) is 15.7. The molecule has 0 fully saturated rings. The second-order valence-electron chi connectivity index (χ2n) is 6.56. The van der Waals surface area contributed by atoms with Crippen molar-refractivity contribution in [2.45, 2.75) is 9.79 Å². The first kappa shape index (κ1) is 23.0. The van der Waals surface area contributed by atoms with Gasteiger partial charge in [-0.05, 0) is 41.8 Å². The van der Waals surface area contributed by atoms with E-state index in [1.807, 2.05) is 0 Å². The minimum Gasteiger partial charge on any atom is -0.507 e. The molecule has 0 aliphatic heterocycles. The third-order valence-electron chi connectivity index (χ3n) is 4.28. The lowest BCUT2D eigenvalue weighted by atomic mass is 10.1. The maximum absolute atomic E-state index is 12.7. The number of benzene rings is 3. The van der Waals surface area contributed by atoms with E-state index in [0.717, 1.165) is 36.4 Å². The molecular weight excluding hydrogens is 468 g/mol. The first-order valence-corrected chi connectivity index (χ1v) is 11.3. The molecule has 0 aliphatic carbocycles. The molecule has 0 saturated carbocycles. The topological polar surface area (TPSA) is 221 Å². The van der Waals surface area contributed by atoms with E-state index in [1.165, 1.54) is 0 Å². The van der Waals surface area contributed by atoms with Gasteiger partial charge in [-0.1, -0.05) is 0 Å². The minimum atomic E-state index is -4.85. The van der Waals surface area contributed by atoms with Gasteiger partial charge in [-0.3, -0.25) is 13.9 Å². The van der Waals surface area contributed by atoms with Crippen LogP contribution in [0.4, 0.5) is 11.4 Å². The fraction of sp³-hybridized carbons (Fsp3) is 0. The molecule has 3 aromatic rings. The molecule has 12 nitrogen and oxygen atoms in total. The van der Waals surface area contributed by atoms with Crippen LogP contribution in [0.2, 0.25) is 0 Å². The number of nitrogens with one attached hydrogen (secondary N) is 1. The van der Waals surface area contributed by atoms with E-state index in [2.05, 4.69) is 5.32 Å². The Morgan fingerprint density at radius 2 is 1.34 bits per heavy atom. The van der Waals surface area contributed by atoms with Gasteiger partial charge in [0.25, 0.3) is 26.1 Å². The molecule has 0 atom stereocenters. The normalized spacial score (nSPS) is 11.9. The van der Waals surface area contributed by atoms with Gasteiger partial charge < -0.3 is 21.3 Å². The number of rotatable bonds is 5. The molecule has 3 rings (SSSR count). The van der Waals surface area contributed by atoms with Crippen LogP contribution in [0.25, 0.3) is 10.8 Å². The molecule has 0 radical (unpaired) electrons. The van der Waals surface area contributed by atoms with Crippen LogP contribution >= 0.6 is 0 Å². The maximum atomic E-state index is 12.7. The van der Waals surface area contributed by atoms with Gasteiger partial charge in [0.2, 0.25) is 0 Å². The highest BCUT2D eigenvalue weighted by molar-refractivity contribution is 7.86. The molecule has 7 N–H and O–H groups in total. The molecule has 0 heterocycles. The molecule has 0 aliphatic rings. The Kier molecular flexibility index (Phi) is 5.56. The summed E-state index contributed by atoms with van der Waals surface area (Å²) in [6, 6.07) is 6.36. The van der Waals surface area contributed by atoms with Crippen LogP contribution in [0.1, 0.15) is 20.7 Å².